The molecule has 1 aromatic carbocycles. The molecule has 0 aliphatic carbocycles. The topological polar surface area (TPSA) is 58.6 Å². The molecule has 26 heavy (non-hydrogen) atoms. The van der Waals surface area contributed by atoms with Crippen LogP contribution in [0.1, 0.15) is 51.5 Å². The van der Waals surface area contributed by atoms with Crippen molar-refractivity contribution in [2.24, 2.45) is 0 Å². The molecule has 1 amide bonds. The van der Waals surface area contributed by atoms with Crippen molar-refractivity contribution in [2.75, 3.05) is 32.8 Å². The van der Waals surface area contributed by atoms with Gasteiger partial charge in [-0.3, -0.25) is 9.59 Å². The fraction of sp³-hybridized carbons (Fsp3) is 0.619. The second kappa shape index (κ2) is 10.3. The van der Waals surface area contributed by atoms with Crippen molar-refractivity contribution >= 4 is 11.9 Å². The first kappa shape index (κ1) is 20.4. The van der Waals surface area contributed by atoms with Gasteiger partial charge in [-0.25, -0.2) is 0 Å². The van der Waals surface area contributed by atoms with Crippen LogP contribution in [0.4, 0.5) is 0 Å². The van der Waals surface area contributed by atoms with E-state index in [1.54, 1.807) is 6.92 Å². The molecule has 1 unspecified atom stereocenters. The maximum absolute atomic E-state index is 13.0. The number of hydrogen-bond acceptors (Lipinski definition) is 4. The summed E-state index contributed by atoms with van der Waals surface area (Å²) in [4.78, 5) is 28.2. The zero-order valence-corrected chi connectivity index (χ0v) is 16.1. The van der Waals surface area contributed by atoms with Gasteiger partial charge in [0.25, 0.3) is 0 Å². The van der Waals surface area contributed by atoms with Crippen LogP contribution < -0.4 is 5.32 Å². The molecule has 1 aromatic rings. The number of esters is 1. The molecule has 1 atom stereocenters. The van der Waals surface area contributed by atoms with E-state index < -0.39 is 11.4 Å². The van der Waals surface area contributed by atoms with E-state index in [0.29, 0.717) is 18.5 Å². The Labute approximate surface area is 157 Å². The van der Waals surface area contributed by atoms with Gasteiger partial charge < -0.3 is 15.0 Å². The normalized spacial score (nSPS) is 17.3. The second-order valence-electron chi connectivity index (χ2n) is 6.86. The summed E-state index contributed by atoms with van der Waals surface area (Å²) in [6, 6.07) is 9.23. The van der Waals surface area contributed by atoms with Gasteiger partial charge in [-0.05, 0) is 57.8 Å². The first-order valence-corrected chi connectivity index (χ1v) is 9.88. The van der Waals surface area contributed by atoms with Gasteiger partial charge in [-0.1, -0.05) is 43.7 Å². The van der Waals surface area contributed by atoms with Crippen molar-refractivity contribution < 1.29 is 14.3 Å². The van der Waals surface area contributed by atoms with E-state index in [1.165, 1.54) is 19.3 Å². The van der Waals surface area contributed by atoms with E-state index in [0.717, 1.165) is 26.1 Å². The van der Waals surface area contributed by atoms with Crippen LogP contribution in [0.25, 0.3) is 0 Å². The molecule has 5 heteroatoms. The third-order valence-corrected chi connectivity index (χ3v) is 5.19. The van der Waals surface area contributed by atoms with Gasteiger partial charge >= 0.3 is 5.97 Å². The van der Waals surface area contributed by atoms with E-state index >= 15 is 0 Å². The van der Waals surface area contributed by atoms with Crippen LogP contribution >= 0.6 is 0 Å². The molecule has 1 saturated heterocycles. The fourth-order valence-electron chi connectivity index (χ4n) is 3.67. The Hall–Kier alpha value is -1.88. The highest BCUT2D eigenvalue weighted by Crippen LogP contribution is 2.30. The monoisotopic (exact) mass is 360 g/mol. The molecule has 2 rings (SSSR count). The third-order valence-electron chi connectivity index (χ3n) is 5.19. The highest BCUT2D eigenvalue weighted by atomic mass is 16.5. The lowest BCUT2D eigenvalue weighted by Crippen LogP contribution is -2.51. The van der Waals surface area contributed by atoms with Crippen molar-refractivity contribution in [2.45, 2.75) is 51.4 Å². The zero-order valence-electron chi connectivity index (χ0n) is 16.1. The van der Waals surface area contributed by atoms with Crippen LogP contribution in [0.15, 0.2) is 30.3 Å². The molecule has 1 fully saturated rings. The Bertz CT molecular complexity index is 570. The number of amides is 1. The first-order chi connectivity index (χ1) is 12.6. The van der Waals surface area contributed by atoms with E-state index in [9.17, 15) is 9.59 Å². The molecular formula is C21H32N2O3. The number of ether oxygens (including phenoxy) is 1. The number of likely N-dealkylation sites (tertiary alicyclic amines) is 1. The largest absolute Gasteiger partial charge is 0.465 e. The van der Waals surface area contributed by atoms with Crippen molar-refractivity contribution in [1.29, 1.82) is 0 Å². The molecule has 1 N–H and O–H groups in total. The number of nitrogens with zero attached hydrogens (tertiary/aromatic N) is 1. The molecule has 0 saturated carbocycles. The summed E-state index contributed by atoms with van der Waals surface area (Å²) in [6.07, 6.45) is 5.12. The van der Waals surface area contributed by atoms with E-state index in [2.05, 4.69) is 10.2 Å². The van der Waals surface area contributed by atoms with Crippen molar-refractivity contribution in [3.8, 4) is 0 Å². The Kier molecular flexibility index (Phi) is 8.10. The molecule has 5 nitrogen and oxygen atoms in total. The predicted octanol–water partition coefficient (Wildman–Crippen LogP) is 2.89. The highest BCUT2D eigenvalue weighted by Gasteiger charge is 2.47. The molecule has 1 aliphatic rings. The third kappa shape index (κ3) is 4.85. The number of nitrogens with one attached hydrogen (secondary N) is 1. The first-order valence-electron chi connectivity index (χ1n) is 9.88. The number of benzene rings is 1. The van der Waals surface area contributed by atoms with E-state index in [4.69, 9.17) is 4.74 Å². The number of carbonyl (C=O) groups is 2. The molecule has 1 heterocycles. The Balaban J connectivity index is 2.02. The summed E-state index contributed by atoms with van der Waals surface area (Å²) in [5, 5.41) is 2.99. The number of rotatable bonds is 9. The quantitative estimate of drug-likeness (QED) is 0.418. The number of carbonyl (C=O) groups excluding carboxylic acids is 2. The smallest absolute Gasteiger partial charge is 0.326 e. The summed E-state index contributed by atoms with van der Waals surface area (Å²) in [6.45, 7) is 7.75. The average molecular weight is 360 g/mol. The van der Waals surface area contributed by atoms with Crippen LogP contribution in [-0.2, 0) is 19.7 Å². The van der Waals surface area contributed by atoms with Gasteiger partial charge in [0.15, 0.2) is 5.41 Å². The lowest BCUT2D eigenvalue weighted by Gasteiger charge is -2.30. The fourth-order valence-corrected chi connectivity index (χ4v) is 3.67. The van der Waals surface area contributed by atoms with E-state index in [-0.39, 0.29) is 12.5 Å². The van der Waals surface area contributed by atoms with Crippen LogP contribution in [0.5, 0.6) is 0 Å². The molecule has 0 bridgehead atoms. The average Bonchev–Trinajstić information content (AvgIpc) is 2.68. The Morgan fingerprint density at radius 2 is 1.81 bits per heavy atom. The molecule has 0 radical (unpaired) electrons. The lowest BCUT2D eigenvalue weighted by molar-refractivity contribution is -0.155. The van der Waals surface area contributed by atoms with Gasteiger partial charge in [0, 0.05) is 6.54 Å². The van der Waals surface area contributed by atoms with Gasteiger partial charge in [-0.15, -0.1) is 0 Å². The summed E-state index contributed by atoms with van der Waals surface area (Å²) >= 11 is 0. The summed E-state index contributed by atoms with van der Waals surface area (Å²) in [7, 11) is 0. The van der Waals surface area contributed by atoms with Crippen LogP contribution in [0.2, 0.25) is 0 Å². The van der Waals surface area contributed by atoms with Crippen molar-refractivity contribution in [3.63, 3.8) is 0 Å². The standard InChI is InChI=1S/C21H32N2O3/c1-3-21(20(25)26-4-2,18-12-7-5-8-13-18)19(24)22-14-11-17-23-15-9-6-10-16-23/h5,7-8,12-13H,3-4,6,9-11,14-17H2,1-2H3,(H,22,24). The number of hydrogen-bond donors (Lipinski definition) is 1. The van der Waals surface area contributed by atoms with Crippen molar-refractivity contribution in [3.05, 3.63) is 35.9 Å². The minimum atomic E-state index is -1.28. The SMILES string of the molecule is CCOC(=O)C(CC)(C(=O)NCCCN1CCCCC1)c1ccccc1. The van der Waals surface area contributed by atoms with Gasteiger partial charge in [0.05, 0.1) is 6.61 Å². The number of piperidine rings is 1. The second-order valence-corrected chi connectivity index (χ2v) is 6.86. The maximum Gasteiger partial charge on any atom is 0.326 e. The Morgan fingerprint density at radius 3 is 2.42 bits per heavy atom. The predicted molar refractivity (Wildman–Crippen MR) is 103 cm³/mol. The summed E-state index contributed by atoms with van der Waals surface area (Å²) < 4.78 is 5.27. The van der Waals surface area contributed by atoms with Gasteiger partial charge in [0.1, 0.15) is 0 Å². The summed E-state index contributed by atoms with van der Waals surface area (Å²) in [5.41, 5.74) is -0.586. The molecule has 1 aliphatic heterocycles. The van der Waals surface area contributed by atoms with Gasteiger partial charge in [-0.2, -0.15) is 0 Å². The molecule has 0 spiro atoms. The summed E-state index contributed by atoms with van der Waals surface area (Å²) in [5.74, 6) is -0.731. The molecule has 0 aromatic heterocycles. The van der Waals surface area contributed by atoms with Gasteiger partial charge in [0.2, 0.25) is 5.91 Å². The van der Waals surface area contributed by atoms with E-state index in [1.807, 2.05) is 37.3 Å². The van der Waals surface area contributed by atoms with Crippen molar-refractivity contribution in [1.82, 2.24) is 10.2 Å². The van der Waals surface area contributed by atoms with Crippen LogP contribution in [-0.4, -0.2) is 49.6 Å². The Morgan fingerprint density at radius 1 is 1.12 bits per heavy atom. The zero-order chi connectivity index (χ0) is 18.8. The molecule has 144 valence electrons. The maximum atomic E-state index is 13.0. The minimum Gasteiger partial charge on any atom is -0.465 e. The highest BCUT2D eigenvalue weighted by molar-refractivity contribution is 6.08. The lowest BCUT2D eigenvalue weighted by atomic mass is 9.77. The molecular weight excluding hydrogens is 328 g/mol. The van der Waals surface area contributed by atoms with Crippen LogP contribution in [0.3, 0.4) is 0 Å². The van der Waals surface area contributed by atoms with Crippen LogP contribution in [0, 0.1) is 0 Å². The minimum absolute atomic E-state index is 0.260.